The standard InChI is InChI=1S/C29H22ClNO4/c1-2-35-28(34)25-24(18-11-14-19(30)15-12-18)29(26(32)20-8-4-5-9-21(20)27(29)33)23-16-13-17-7-3-6-10-22(17)31(23)25/h3-16,23-25H,2H2,1H3/t23?,24-,25+/m0/s1. The molecule has 0 amide bonds. The molecule has 3 aromatic rings. The number of hydrogen-bond acceptors (Lipinski definition) is 5. The van der Waals surface area contributed by atoms with Gasteiger partial charge in [-0.1, -0.05) is 78.4 Å². The van der Waals surface area contributed by atoms with Crippen LogP contribution in [-0.4, -0.2) is 36.2 Å². The Morgan fingerprint density at radius 3 is 2.23 bits per heavy atom. The van der Waals surface area contributed by atoms with Gasteiger partial charge in [-0.25, -0.2) is 4.79 Å². The van der Waals surface area contributed by atoms with Gasteiger partial charge in [0.1, 0.15) is 11.5 Å². The van der Waals surface area contributed by atoms with Gasteiger partial charge < -0.3 is 9.64 Å². The van der Waals surface area contributed by atoms with Gasteiger partial charge in [0.2, 0.25) is 0 Å². The van der Waals surface area contributed by atoms with Crippen LogP contribution >= 0.6 is 11.6 Å². The number of benzene rings is 3. The van der Waals surface area contributed by atoms with Gasteiger partial charge in [-0.05, 0) is 36.2 Å². The molecule has 1 fully saturated rings. The Balaban J connectivity index is 1.67. The van der Waals surface area contributed by atoms with Gasteiger partial charge in [0.25, 0.3) is 0 Å². The first-order chi connectivity index (χ1) is 17.0. The van der Waals surface area contributed by atoms with Crippen LogP contribution in [0.15, 0.2) is 78.9 Å². The number of esters is 1. The average molecular weight is 484 g/mol. The molecule has 0 N–H and O–H groups in total. The first-order valence-electron chi connectivity index (χ1n) is 11.7. The summed E-state index contributed by atoms with van der Waals surface area (Å²) >= 11 is 6.19. The molecule has 0 radical (unpaired) electrons. The third-order valence-corrected chi connectivity index (χ3v) is 7.72. The fourth-order valence-corrected chi connectivity index (χ4v) is 6.29. The van der Waals surface area contributed by atoms with Crippen molar-refractivity contribution in [2.45, 2.75) is 24.9 Å². The predicted octanol–water partition coefficient (Wildman–Crippen LogP) is 5.34. The van der Waals surface area contributed by atoms with Gasteiger partial charge >= 0.3 is 5.97 Å². The number of halogens is 1. The van der Waals surface area contributed by atoms with Crippen LogP contribution in [0, 0.1) is 5.41 Å². The zero-order chi connectivity index (χ0) is 24.3. The number of anilines is 1. The largest absolute Gasteiger partial charge is 0.464 e. The lowest BCUT2D eigenvalue weighted by molar-refractivity contribution is -0.145. The highest BCUT2D eigenvalue weighted by Crippen LogP contribution is 2.60. The van der Waals surface area contributed by atoms with Crippen molar-refractivity contribution in [2.75, 3.05) is 11.5 Å². The van der Waals surface area contributed by atoms with E-state index >= 15 is 0 Å². The van der Waals surface area contributed by atoms with Crippen LogP contribution in [0.2, 0.25) is 5.02 Å². The molecule has 3 aromatic carbocycles. The molecule has 1 spiro atoms. The van der Waals surface area contributed by atoms with E-state index in [0.717, 1.165) is 11.3 Å². The molecule has 6 rings (SSSR count). The molecular formula is C29H22ClNO4. The summed E-state index contributed by atoms with van der Waals surface area (Å²) in [4.78, 5) is 44.2. The van der Waals surface area contributed by atoms with Crippen LogP contribution in [-0.2, 0) is 9.53 Å². The maximum Gasteiger partial charge on any atom is 0.329 e. The van der Waals surface area contributed by atoms with Gasteiger partial charge in [-0.3, -0.25) is 9.59 Å². The highest BCUT2D eigenvalue weighted by atomic mass is 35.5. The van der Waals surface area contributed by atoms with Crippen LogP contribution in [0.1, 0.15) is 44.7 Å². The number of ketones is 2. The van der Waals surface area contributed by atoms with Gasteiger partial charge in [-0.2, -0.15) is 0 Å². The number of nitrogens with zero attached hydrogens (tertiary/aromatic N) is 1. The van der Waals surface area contributed by atoms with Gasteiger partial charge in [-0.15, -0.1) is 0 Å². The summed E-state index contributed by atoms with van der Waals surface area (Å²) in [6.45, 7) is 1.94. The molecule has 2 aliphatic heterocycles. The van der Waals surface area contributed by atoms with Crippen molar-refractivity contribution in [3.8, 4) is 0 Å². The first-order valence-corrected chi connectivity index (χ1v) is 12.0. The average Bonchev–Trinajstić information content (AvgIpc) is 3.31. The highest BCUT2D eigenvalue weighted by molar-refractivity contribution is 6.32. The Labute approximate surface area is 208 Å². The van der Waals surface area contributed by atoms with E-state index in [0.29, 0.717) is 21.7 Å². The summed E-state index contributed by atoms with van der Waals surface area (Å²) in [6, 6.07) is 20.2. The summed E-state index contributed by atoms with van der Waals surface area (Å²) < 4.78 is 5.56. The number of fused-ring (bicyclic) bond motifs is 5. The third kappa shape index (κ3) is 2.85. The summed E-state index contributed by atoms with van der Waals surface area (Å²) in [5.41, 5.74) is 1.69. The second-order valence-corrected chi connectivity index (χ2v) is 9.51. The molecule has 1 unspecified atom stereocenters. The molecule has 1 aliphatic carbocycles. The van der Waals surface area contributed by atoms with Gasteiger partial charge in [0, 0.05) is 27.8 Å². The number of hydrogen-bond donors (Lipinski definition) is 0. The molecule has 0 bridgehead atoms. The minimum atomic E-state index is -1.51. The Bertz CT molecular complexity index is 1380. The van der Waals surface area contributed by atoms with Crippen molar-refractivity contribution >= 4 is 40.9 Å². The van der Waals surface area contributed by atoms with E-state index in [4.69, 9.17) is 16.3 Å². The van der Waals surface area contributed by atoms with E-state index in [1.165, 1.54) is 0 Å². The van der Waals surface area contributed by atoms with E-state index in [-0.39, 0.29) is 18.2 Å². The molecule has 35 heavy (non-hydrogen) atoms. The topological polar surface area (TPSA) is 63.7 Å². The lowest BCUT2D eigenvalue weighted by Gasteiger charge is -2.36. The summed E-state index contributed by atoms with van der Waals surface area (Å²) in [5, 5.41) is 0.531. The smallest absolute Gasteiger partial charge is 0.329 e. The quantitative estimate of drug-likeness (QED) is 0.372. The Kier molecular flexibility index (Phi) is 4.94. The second-order valence-electron chi connectivity index (χ2n) is 9.07. The molecule has 3 atom stereocenters. The van der Waals surface area contributed by atoms with Crippen LogP contribution in [0.3, 0.4) is 0 Å². The highest BCUT2D eigenvalue weighted by Gasteiger charge is 2.71. The van der Waals surface area contributed by atoms with E-state index in [1.807, 2.05) is 41.3 Å². The van der Waals surface area contributed by atoms with E-state index in [2.05, 4.69) is 0 Å². The molecule has 6 heteroatoms. The minimum Gasteiger partial charge on any atom is -0.464 e. The molecule has 0 aromatic heterocycles. The van der Waals surface area contributed by atoms with E-state index in [9.17, 15) is 14.4 Å². The number of ether oxygens (including phenoxy) is 1. The number of rotatable bonds is 3. The first kappa shape index (κ1) is 21.8. The summed E-state index contributed by atoms with van der Waals surface area (Å²) in [6.07, 6.45) is 3.83. The van der Waals surface area contributed by atoms with Crippen molar-refractivity contribution < 1.29 is 19.1 Å². The monoisotopic (exact) mass is 483 g/mol. The van der Waals surface area contributed by atoms with Crippen LogP contribution in [0.25, 0.3) is 6.08 Å². The fraction of sp³-hybridized carbons (Fsp3) is 0.207. The molecule has 174 valence electrons. The fourth-order valence-electron chi connectivity index (χ4n) is 6.16. The van der Waals surface area contributed by atoms with Crippen molar-refractivity contribution in [3.05, 3.63) is 106 Å². The number of para-hydroxylation sites is 1. The minimum absolute atomic E-state index is 0.188. The normalized spacial score (nSPS) is 23.3. The molecule has 3 aliphatic rings. The zero-order valence-corrected chi connectivity index (χ0v) is 19.7. The predicted molar refractivity (Wildman–Crippen MR) is 134 cm³/mol. The van der Waals surface area contributed by atoms with Crippen molar-refractivity contribution in [1.29, 1.82) is 0 Å². The Morgan fingerprint density at radius 1 is 0.943 bits per heavy atom. The van der Waals surface area contributed by atoms with Crippen LogP contribution < -0.4 is 4.90 Å². The van der Waals surface area contributed by atoms with E-state index in [1.54, 1.807) is 55.5 Å². The number of carbonyl (C=O) groups is 3. The molecular weight excluding hydrogens is 462 g/mol. The van der Waals surface area contributed by atoms with Crippen molar-refractivity contribution in [2.24, 2.45) is 5.41 Å². The number of Topliss-reactive ketones (excluding diaryl/α,β-unsaturated/α-hetero) is 2. The molecule has 1 saturated heterocycles. The summed E-state index contributed by atoms with van der Waals surface area (Å²) in [5.74, 6) is -1.75. The molecule has 0 saturated carbocycles. The molecule has 2 heterocycles. The van der Waals surface area contributed by atoms with Gasteiger partial charge in [0.15, 0.2) is 11.6 Å². The van der Waals surface area contributed by atoms with Crippen molar-refractivity contribution in [1.82, 2.24) is 0 Å². The van der Waals surface area contributed by atoms with Crippen LogP contribution in [0.4, 0.5) is 5.69 Å². The Morgan fingerprint density at radius 2 is 1.57 bits per heavy atom. The number of carbonyl (C=O) groups excluding carboxylic acids is 3. The third-order valence-electron chi connectivity index (χ3n) is 7.47. The van der Waals surface area contributed by atoms with Crippen molar-refractivity contribution in [3.63, 3.8) is 0 Å². The SMILES string of the molecule is CCOC(=O)[C@H]1[C@H](c2ccc(Cl)cc2)C2(C(=O)c3ccccc3C2=O)C2C=Cc3ccccc3N21. The lowest BCUT2D eigenvalue weighted by atomic mass is 9.65. The van der Waals surface area contributed by atoms with Gasteiger partial charge in [0.05, 0.1) is 12.6 Å². The second kappa shape index (κ2) is 7.92. The maximum atomic E-state index is 14.3. The maximum absolute atomic E-state index is 14.3. The molecule has 5 nitrogen and oxygen atoms in total. The zero-order valence-electron chi connectivity index (χ0n) is 19.0. The summed E-state index contributed by atoms with van der Waals surface area (Å²) in [7, 11) is 0. The Hall–Kier alpha value is -3.70. The van der Waals surface area contributed by atoms with E-state index < -0.39 is 29.4 Å². The van der Waals surface area contributed by atoms with Crippen LogP contribution in [0.5, 0.6) is 0 Å². The lowest BCUT2D eigenvalue weighted by Crippen LogP contribution is -2.48.